The van der Waals surface area contributed by atoms with Crippen LogP contribution < -0.4 is 10.6 Å². The lowest BCUT2D eigenvalue weighted by atomic mass is 9.95. The van der Waals surface area contributed by atoms with Gasteiger partial charge in [0.25, 0.3) is 0 Å². The number of rotatable bonds is 8. The van der Waals surface area contributed by atoms with Crippen molar-refractivity contribution in [2.45, 2.75) is 46.7 Å². The molecule has 2 aromatic rings. The summed E-state index contributed by atoms with van der Waals surface area (Å²) in [5.74, 6) is 3.03. The Hall–Kier alpha value is -2.52. The number of hydrogen-bond acceptors (Lipinski definition) is 6. The normalized spacial score (nSPS) is 14.0. The van der Waals surface area contributed by atoms with E-state index in [1.807, 2.05) is 12.1 Å². The van der Waals surface area contributed by atoms with Gasteiger partial charge >= 0.3 is 0 Å². The van der Waals surface area contributed by atoms with Crippen molar-refractivity contribution in [2.24, 2.45) is 5.92 Å². The van der Waals surface area contributed by atoms with Crippen molar-refractivity contribution >= 4 is 11.6 Å². The van der Waals surface area contributed by atoms with E-state index in [1.54, 1.807) is 6.26 Å². The van der Waals surface area contributed by atoms with Crippen LogP contribution in [0, 0.1) is 17.2 Å². The minimum absolute atomic E-state index is 0.579. The molecule has 0 amide bonds. The average Bonchev–Trinajstić information content (AvgIpc) is 3.19. The van der Waals surface area contributed by atoms with Crippen molar-refractivity contribution in [1.82, 2.24) is 9.88 Å². The third kappa shape index (κ3) is 4.61. The molecule has 3 heterocycles. The highest BCUT2D eigenvalue weighted by Crippen LogP contribution is 2.32. The molecule has 0 spiro atoms. The topological polar surface area (TPSA) is 77.1 Å². The Morgan fingerprint density at radius 3 is 2.81 bits per heavy atom. The van der Waals surface area contributed by atoms with Crippen LogP contribution in [-0.2, 0) is 19.5 Å². The number of aromatic nitrogens is 1. The molecule has 0 aliphatic carbocycles. The highest BCUT2D eigenvalue weighted by atomic mass is 16.3. The number of likely N-dealkylation sites (N-methyl/N-ethyl adjacent to an activating group) is 1. The number of pyridine rings is 1. The van der Waals surface area contributed by atoms with Crippen molar-refractivity contribution in [3.05, 3.63) is 40.8 Å². The van der Waals surface area contributed by atoms with E-state index in [2.05, 4.69) is 42.4 Å². The highest BCUT2D eigenvalue weighted by molar-refractivity contribution is 5.66. The molecule has 2 aromatic heterocycles. The minimum Gasteiger partial charge on any atom is -0.467 e. The van der Waals surface area contributed by atoms with E-state index >= 15 is 0 Å². The Morgan fingerprint density at radius 1 is 1.30 bits per heavy atom. The monoisotopic (exact) mass is 367 g/mol. The number of anilines is 2. The fraction of sp³-hybridized carbons (Fsp3) is 0.524. The molecule has 2 N–H and O–H groups in total. The van der Waals surface area contributed by atoms with Crippen molar-refractivity contribution in [3.63, 3.8) is 0 Å². The number of nitriles is 1. The molecule has 6 heteroatoms. The van der Waals surface area contributed by atoms with Crippen LogP contribution in [-0.4, -0.2) is 29.5 Å². The van der Waals surface area contributed by atoms with Crippen molar-refractivity contribution in [1.29, 1.82) is 5.26 Å². The minimum atomic E-state index is 0.579. The van der Waals surface area contributed by atoms with Crippen molar-refractivity contribution in [2.75, 3.05) is 30.3 Å². The lowest BCUT2D eigenvalue weighted by Gasteiger charge is -2.30. The van der Waals surface area contributed by atoms with Crippen molar-refractivity contribution < 1.29 is 4.42 Å². The molecule has 1 aliphatic rings. The summed E-state index contributed by atoms with van der Waals surface area (Å²) < 4.78 is 5.44. The molecule has 6 nitrogen and oxygen atoms in total. The molecule has 0 atom stereocenters. The Balaban J connectivity index is 1.92. The lowest BCUT2D eigenvalue weighted by Crippen LogP contribution is -2.32. The summed E-state index contributed by atoms with van der Waals surface area (Å²) in [6.45, 7) is 10.7. The van der Waals surface area contributed by atoms with Crippen LogP contribution in [0.25, 0.3) is 0 Å². The van der Waals surface area contributed by atoms with Gasteiger partial charge < -0.3 is 15.1 Å². The summed E-state index contributed by atoms with van der Waals surface area (Å²) in [7, 11) is 0. The zero-order valence-corrected chi connectivity index (χ0v) is 16.5. The van der Waals surface area contributed by atoms with E-state index in [0.29, 0.717) is 23.8 Å². The number of nitrogens with zero attached hydrogens (tertiary/aromatic N) is 3. The first-order valence-electron chi connectivity index (χ1n) is 9.80. The van der Waals surface area contributed by atoms with Gasteiger partial charge in [0.05, 0.1) is 18.4 Å². The summed E-state index contributed by atoms with van der Waals surface area (Å²) >= 11 is 0. The summed E-state index contributed by atoms with van der Waals surface area (Å²) in [5.41, 5.74) is 2.97. The maximum absolute atomic E-state index is 9.80. The molecule has 0 saturated heterocycles. The van der Waals surface area contributed by atoms with Gasteiger partial charge in [-0.15, -0.1) is 0 Å². The van der Waals surface area contributed by atoms with Crippen LogP contribution in [0.3, 0.4) is 0 Å². The lowest BCUT2D eigenvalue weighted by molar-refractivity contribution is 0.268. The second-order valence-electron chi connectivity index (χ2n) is 7.41. The van der Waals surface area contributed by atoms with Gasteiger partial charge in [0, 0.05) is 25.2 Å². The molecule has 0 bridgehead atoms. The first-order chi connectivity index (χ1) is 13.1. The number of furan rings is 1. The maximum atomic E-state index is 9.80. The van der Waals surface area contributed by atoms with E-state index in [-0.39, 0.29) is 0 Å². The SMILES string of the molecule is CCN1CCc2c(C#N)c(NCCC(C)C)nc(NCc3ccco3)c2C1. The third-order valence-electron chi connectivity index (χ3n) is 5.06. The fourth-order valence-corrected chi connectivity index (χ4v) is 3.42. The molecule has 0 radical (unpaired) electrons. The van der Waals surface area contributed by atoms with Crippen LogP contribution >= 0.6 is 0 Å². The Morgan fingerprint density at radius 2 is 2.15 bits per heavy atom. The summed E-state index contributed by atoms with van der Waals surface area (Å²) in [5, 5.41) is 16.6. The number of nitrogens with one attached hydrogen (secondary N) is 2. The van der Waals surface area contributed by atoms with Crippen LogP contribution in [0.5, 0.6) is 0 Å². The first-order valence-corrected chi connectivity index (χ1v) is 9.80. The fourth-order valence-electron chi connectivity index (χ4n) is 3.42. The smallest absolute Gasteiger partial charge is 0.146 e. The average molecular weight is 367 g/mol. The quantitative estimate of drug-likeness (QED) is 0.734. The summed E-state index contributed by atoms with van der Waals surface area (Å²) in [6, 6.07) is 6.23. The molecule has 0 aromatic carbocycles. The largest absolute Gasteiger partial charge is 0.467 e. The molecule has 0 saturated carbocycles. The van der Waals surface area contributed by atoms with Crippen LogP contribution in [0.15, 0.2) is 22.8 Å². The van der Waals surface area contributed by atoms with E-state index in [4.69, 9.17) is 9.40 Å². The number of fused-ring (bicyclic) bond motifs is 1. The maximum Gasteiger partial charge on any atom is 0.146 e. The third-order valence-corrected chi connectivity index (χ3v) is 5.06. The molecule has 27 heavy (non-hydrogen) atoms. The molecule has 144 valence electrons. The Bertz CT molecular complexity index is 792. The molecule has 0 unspecified atom stereocenters. The number of hydrogen-bond donors (Lipinski definition) is 2. The van der Waals surface area contributed by atoms with E-state index in [9.17, 15) is 5.26 Å². The van der Waals surface area contributed by atoms with Crippen molar-refractivity contribution in [3.8, 4) is 6.07 Å². The van der Waals surface area contributed by atoms with E-state index < -0.39 is 0 Å². The van der Waals surface area contributed by atoms with Crippen LogP contribution in [0.2, 0.25) is 0 Å². The van der Waals surface area contributed by atoms with Gasteiger partial charge in [-0.25, -0.2) is 4.98 Å². The molecule has 1 aliphatic heterocycles. The second kappa shape index (κ2) is 8.92. The van der Waals surface area contributed by atoms with Gasteiger partial charge in [-0.2, -0.15) is 5.26 Å². The molecular formula is C21H29N5O. The Kier molecular flexibility index (Phi) is 6.36. The van der Waals surface area contributed by atoms with Gasteiger partial charge in [-0.05, 0) is 43.0 Å². The summed E-state index contributed by atoms with van der Waals surface area (Å²) in [6.07, 6.45) is 3.60. The van der Waals surface area contributed by atoms with Gasteiger partial charge in [0.15, 0.2) is 0 Å². The van der Waals surface area contributed by atoms with Crippen LogP contribution in [0.4, 0.5) is 11.6 Å². The van der Waals surface area contributed by atoms with Crippen LogP contribution in [0.1, 0.15) is 49.6 Å². The summed E-state index contributed by atoms with van der Waals surface area (Å²) in [4.78, 5) is 7.19. The predicted molar refractivity (Wildman–Crippen MR) is 108 cm³/mol. The zero-order chi connectivity index (χ0) is 19.2. The van der Waals surface area contributed by atoms with E-state index in [1.165, 1.54) is 0 Å². The van der Waals surface area contributed by atoms with Gasteiger partial charge in [-0.1, -0.05) is 20.8 Å². The van der Waals surface area contributed by atoms with Gasteiger partial charge in [0.1, 0.15) is 23.5 Å². The second-order valence-corrected chi connectivity index (χ2v) is 7.41. The first kappa shape index (κ1) is 19.2. The standard InChI is InChI=1S/C21H29N5O/c1-4-26-10-8-17-18(12-22)20(23-9-7-15(2)3)25-21(19(17)14-26)24-13-16-6-5-11-27-16/h5-6,11,15H,4,7-10,13-14H2,1-3H3,(H2,23,24,25). The predicted octanol–water partition coefficient (Wildman–Crippen LogP) is 3.99. The zero-order valence-electron chi connectivity index (χ0n) is 16.5. The molecular weight excluding hydrogens is 338 g/mol. The molecule has 0 fully saturated rings. The van der Waals surface area contributed by atoms with Gasteiger partial charge in [0.2, 0.25) is 0 Å². The highest BCUT2D eigenvalue weighted by Gasteiger charge is 2.25. The van der Waals surface area contributed by atoms with E-state index in [0.717, 1.165) is 61.7 Å². The Labute approximate surface area is 161 Å². The molecule has 3 rings (SSSR count). The van der Waals surface area contributed by atoms with Gasteiger partial charge in [-0.3, -0.25) is 4.90 Å².